The van der Waals surface area contributed by atoms with Gasteiger partial charge in [-0.25, -0.2) is 9.59 Å². The normalized spacial score (nSPS) is 11.4. The Labute approximate surface area is 147 Å². The van der Waals surface area contributed by atoms with E-state index in [1.165, 1.54) is 12.3 Å². The van der Waals surface area contributed by atoms with Gasteiger partial charge in [-0.2, -0.15) is 13.2 Å². The second-order valence-corrected chi connectivity index (χ2v) is 5.89. The van der Waals surface area contributed by atoms with Gasteiger partial charge in [-0.3, -0.25) is 4.79 Å². The number of benzene rings is 1. The first-order chi connectivity index (χ1) is 12.0. The summed E-state index contributed by atoms with van der Waals surface area (Å²) in [5, 5.41) is 18.6. The fraction of sp³-hybridized carbons (Fsp3) is 0.133. The van der Waals surface area contributed by atoms with Gasteiger partial charge in [0, 0.05) is 10.5 Å². The van der Waals surface area contributed by atoms with Crippen LogP contribution in [0.1, 0.15) is 26.3 Å². The van der Waals surface area contributed by atoms with Crippen LogP contribution in [0.25, 0.3) is 11.1 Å². The molecule has 0 radical (unpaired) electrons. The van der Waals surface area contributed by atoms with Crippen LogP contribution >= 0.6 is 11.8 Å². The average Bonchev–Trinajstić information content (AvgIpc) is 2.51. The van der Waals surface area contributed by atoms with Gasteiger partial charge in [-0.05, 0) is 24.0 Å². The molecule has 0 amide bonds. The number of thioether (sulfide) groups is 1. The summed E-state index contributed by atoms with van der Waals surface area (Å²) >= 11 is 1.01. The van der Waals surface area contributed by atoms with E-state index in [9.17, 15) is 37.8 Å². The molecule has 1 aromatic carbocycles. The van der Waals surface area contributed by atoms with Crippen molar-refractivity contribution in [2.75, 3.05) is 12.0 Å². The van der Waals surface area contributed by atoms with E-state index < -0.39 is 57.3 Å². The summed E-state index contributed by atoms with van der Waals surface area (Å²) in [5.41, 5.74) is -0.881. The molecule has 0 aliphatic carbocycles. The molecule has 138 valence electrons. The average molecular weight is 388 g/mol. The highest BCUT2D eigenvalue weighted by Gasteiger charge is 2.37. The van der Waals surface area contributed by atoms with Crippen LogP contribution in [0.5, 0.6) is 0 Å². The number of anilines is 1. The van der Waals surface area contributed by atoms with Gasteiger partial charge in [0.25, 0.3) is 5.56 Å². The highest BCUT2D eigenvalue weighted by Crippen LogP contribution is 2.41. The summed E-state index contributed by atoms with van der Waals surface area (Å²) in [6.45, 7) is 0. The predicted octanol–water partition coefficient (Wildman–Crippen LogP) is 2.76. The molecule has 2 rings (SSSR count). The smallest absolute Gasteiger partial charge is 0.417 e. The van der Waals surface area contributed by atoms with Crippen molar-refractivity contribution in [1.29, 1.82) is 0 Å². The minimum absolute atomic E-state index is 0.215. The number of rotatable bonds is 4. The monoisotopic (exact) mass is 388 g/mol. The molecule has 0 spiro atoms. The third-order valence-electron chi connectivity index (χ3n) is 3.47. The van der Waals surface area contributed by atoms with Crippen molar-refractivity contribution in [3.63, 3.8) is 0 Å². The first-order valence-electron chi connectivity index (χ1n) is 6.77. The fourth-order valence-electron chi connectivity index (χ4n) is 2.42. The van der Waals surface area contributed by atoms with Gasteiger partial charge >= 0.3 is 18.1 Å². The second-order valence-electron chi connectivity index (χ2n) is 5.01. The third kappa shape index (κ3) is 3.38. The van der Waals surface area contributed by atoms with E-state index in [1.54, 1.807) is 0 Å². The van der Waals surface area contributed by atoms with Gasteiger partial charge in [0.1, 0.15) is 16.9 Å². The van der Waals surface area contributed by atoms with E-state index in [0.717, 1.165) is 23.9 Å². The standard InChI is InChI=1S/C15H11F3N2O5S/c1-26-5-2-3-6(7(4-5)15(16,17)18)8-9(13(22)23)11(19)20-12(21)10(8)14(24)25/h2-4H,1H3,(H,22,23)(H,24,25)(H3,19,20,21). The second kappa shape index (κ2) is 6.75. The van der Waals surface area contributed by atoms with Crippen LogP contribution in [0, 0.1) is 0 Å². The van der Waals surface area contributed by atoms with Gasteiger partial charge in [0.15, 0.2) is 0 Å². The summed E-state index contributed by atoms with van der Waals surface area (Å²) in [7, 11) is 0. The number of aromatic amines is 1. The van der Waals surface area contributed by atoms with Crippen molar-refractivity contribution in [3.05, 3.63) is 45.2 Å². The lowest BCUT2D eigenvalue weighted by atomic mass is 9.91. The summed E-state index contributed by atoms with van der Waals surface area (Å²) in [6.07, 6.45) is -3.39. The number of nitrogens with one attached hydrogen (secondary N) is 1. The number of hydrogen-bond donors (Lipinski definition) is 4. The molecule has 7 nitrogen and oxygen atoms in total. The first-order valence-corrected chi connectivity index (χ1v) is 7.99. The van der Waals surface area contributed by atoms with Gasteiger partial charge in [0.2, 0.25) is 0 Å². The van der Waals surface area contributed by atoms with Crippen LogP contribution in [-0.2, 0) is 6.18 Å². The number of carbonyl (C=O) groups is 2. The number of halogens is 3. The SMILES string of the molecule is CSc1ccc(-c2c(C(=O)O)c(N)[nH]c(=O)c2C(=O)O)c(C(F)(F)F)c1. The molecule has 0 unspecified atom stereocenters. The minimum atomic E-state index is -4.93. The number of hydrogen-bond acceptors (Lipinski definition) is 5. The van der Waals surface area contributed by atoms with Gasteiger partial charge < -0.3 is 20.9 Å². The molecule has 1 heterocycles. The molecule has 5 N–H and O–H groups in total. The molecular weight excluding hydrogens is 377 g/mol. The summed E-state index contributed by atoms with van der Waals surface area (Å²) in [6, 6.07) is 2.92. The van der Waals surface area contributed by atoms with Crippen molar-refractivity contribution in [1.82, 2.24) is 4.98 Å². The summed E-state index contributed by atoms with van der Waals surface area (Å²) < 4.78 is 40.5. The Bertz CT molecular complexity index is 969. The Kier molecular flexibility index (Phi) is 5.03. The number of carboxylic acids is 2. The molecule has 0 saturated heterocycles. The highest BCUT2D eigenvalue weighted by atomic mass is 32.2. The van der Waals surface area contributed by atoms with Gasteiger partial charge in [-0.1, -0.05) is 6.07 Å². The van der Waals surface area contributed by atoms with Crippen LogP contribution in [0.2, 0.25) is 0 Å². The number of aromatic nitrogens is 1. The lowest BCUT2D eigenvalue weighted by molar-refractivity contribution is -0.137. The number of nitrogen functional groups attached to an aromatic ring is 1. The fourth-order valence-corrected chi connectivity index (χ4v) is 2.86. The minimum Gasteiger partial charge on any atom is -0.478 e. The van der Waals surface area contributed by atoms with E-state index in [0.29, 0.717) is 0 Å². The van der Waals surface area contributed by atoms with Crippen LogP contribution in [-0.4, -0.2) is 33.4 Å². The molecule has 2 aromatic rings. The zero-order valence-corrected chi connectivity index (χ0v) is 13.8. The third-order valence-corrected chi connectivity index (χ3v) is 4.20. The molecule has 26 heavy (non-hydrogen) atoms. The van der Waals surface area contributed by atoms with Gasteiger partial charge in [-0.15, -0.1) is 11.8 Å². The number of H-pyrrole nitrogens is 1. The van der Waals surface area contributed by atoms with E-state index in [-0.39, 0.29) is 4.90 Å². The van der Waals surface area contributed by atoms with E-state index in [2.05, 4.69) is 0 Å². The molecule has 0 atom stereocenters. The summed E-state index contributed by atoms with van der Waals surface area (Å²) in [5.74, 6) is -4.41. The van der Waals surface area contributed by atoms with E-state index in [4.69, 9.17) is 5.73 Å². The lowest BCUT2D eigenvalue weighted by Gasteiger charge is -2.18. The van der Waals surface area contributed by atoms with Crippen LogP contribution in [0.3, 0.4) is 0 Å². The van der Waals surface area contributed by atoms with E-state index >= 15 is 0 Å². The Balaban J connectivity index is 3.08. The van der Waals surface area contributed by atoms with Crippen LogP contribution < -0.4 is 11.3 Å². The zero-order chi connectivity index (χ0) is 19.8. The maximum absolute atomic E-state index is 13.5. The van der Waals surface area contributed by atoms with E-state index in [1.807, 2.05) is 4.98 Å². The predicted molar refractivity (Wildman–Crippen MR) is 87.6 cm³/mol. The van der Waals surface area contributed by atoms with Crippen molar-refractivity contribution in [2.24, 2.45) is 0 Å². The van der Waals surface area contributed by atoms with Crippen molar-refractivity contribution < 1.29 is 33.0 Å². The number of alkyl halides is 3. The molecular formula is C15H11F3N2O5S. The Morgan fingerprint density at radius 2 is 1.73 bits per heavy atom. The van der Waals surface area contributed by atoms with Crippen LogP contribution in [0.4, 0.5) is 19.0 Å². The van der Waals surface area contributed by atoms with Crippen molar-refractivity contribution >= 4 is 29.5 Å². The Morgan fingerprint density at radius 3 is 2.19 bits per heavy atom. The molecule has 0 saturated carbocycles. The number of nitrogens with two attached hydrogens (primary N) is 1. The zero-order valence-electron chi connectivity index (χ0n) is 13.0. The molecule has 11 heteroatoms. The van der Waals surface area contributed by atoms with Crippen molar-refractivity contribution in [2.45, 2.75) is 11.1 Å². The largest absolute Gasteiger partial charge is 0.478 e. The molecule has 0 aliphatic heterocycles. The van der Waals surface area contributed by atoms with Crippen molar-refractivity contribution in [3.8, 4) is 11.1 Å². The molecule has 1 aromatic heterocycles. The molecule has 0 fully saturated rings. The summed E-state index contributed by atoms with van der Waals surface area (Å²) in [4.78, 5) is 36.9. The lowest BCUT2D eigenvalue weighted by Crippen LogP contribution is -2.25. The number of carboxylic acid groups (broad SMARTS) is 2. The number of pyridine rings is 1. The van der Waals surface area contributed by atoms with Gasteiger partial charge in [0.05, 0.1) is 5.56 Å². The Hall–Kier alpha value is -2.95. The topological polar surface area (TPSA) is 133 Å². The highest BCUT2D eigenvalue weighted by molar-refractivity contribution is 7.98. The first kappa shape index (κ1) is 19.4. The quantitative estimate of drug-likeness (QED) is 0.592. The molecule has 0 bridgehead atoms. The maximum atomic E-state index is 13.5. The molecule has 0 aliphatic rings. The van der Waals surface area contributed by atoms with Crippen LogP contribution in [0.15, 0.2) is 27.9 Å². The Morgan fingerprint density at radius 1 is 1.15 bits per heavy atom. The number of aromatic carboxylic acids is 2. The maximum Gasteiger partial charge on any atom is 0.417 e.